The molecular weight excluding hydrogens is 330 g/mol. The van der Waals surface area contributed by atoms with E-state index in [1.54, 1.807) is 0 Å². The maximum atomic E-state index is 12.3. The molecule has 0 bridgehead atoms. The van der Waals surface area contributed by atoms with Gasteiger partial charge in [-0.05, 0) is 24.7 Å². The number of esters is 1. The van der Waals surface area contributed by atoms with E-state index in [0.717, 1.165) is 29.9 Å². The van der Waals surface area contributed by atoms with Crippen molar-refractivity contribution >= 4 is 11.9 Å². The van der Waals surface area contributed by atoms with Gasteiger partial charge in [-0.25, -0.2) is 9.97 Å². The number of ether oxygens (including phenoxy) is 1. The third-order valence-corrected chi connectivity index (χ3v) is 4.70. The van der Waals surface area contributed by atoms with Crippen LogP contribution in [0, 0.1) is 5.41 Å². The summed E-state index contributed by atoms with van der Waals surface area (Å²) >= 11 is 0. The molecule has 0 radical (unpaired) electrons. The second-order valence-corrected chi connectivity index (χ2v) is 8.94. The normalized spacial score (nSPS) is 18.8. The molecule has 2 rings (SSSR count). The molecule has 0 saturated carbocycles. The van der Waals surface area contributed by atoms with Crippen LogP contribution in [0.15, 0.2) is 6.20 Å². The number of aromatic nitrogens is 2. The van der Waals surface area contributed by atoms with Crippen LogP contribution in [-0.4, -0.2) is 29.0 Å². The Morgan fingerprint density at radius 3 is 2.62 bits per heavy atom. The van der Waals surface area contributed by atoms with E-state index in [0.29, 0.717) is 12.8 Å². The van der Waals surface area contributed by atoms with Crippen molar-refractivity contribution in [3.8, 4) is 0 Å². The van der Waals surface area contributed by atoms with E-state index in [1.807, 2.05) is 6.20 Å². The van der Waals surface area contributed by atoms with Gasteiger partial charge in [0.25, 0.3) is 0 Å². The van der Waals surface area contributed by atoms with E-state index in [-0.39, 0.29) is 35.2 Å². The van der Waals surface area contributed by atoms with Gasteiger partial charge in [-0.3, -0.25) is 9.59 Å². The van der Waals surface area contributed by atoms with Crippen LogP contribution < -0.4 is 5.32 Å². The van der Waals surface area contributed by atoms with Gasteiger partial charge in [-0.15, -0.1) is 0 Å². The van der Waals surface area contributed by atoms with Gasteiger partial charge in [0.2, 0.25) is 5.91 Å². The zero-order valence-corrected chi connectivity index (χ0v) is 16.8. The molecule has 1 amide bonds. The van der Waals surface area contributed by atoms with E-state index >= 15 is 0 Å². The summed E-state index contributed by atoms with van der Waals surface area (Å²) < 4.78 is 4.61. The SMILES string of the molecule is COC(=O)CCCC(=O)N[C@H]1CC(C)(C)Cc2nc(C(C)(C)C)ncc21. The van der Waals surface area contributed by atoms with E-state index in [9.17, 15) is 9.59 Å². The highest BCUT2D eigenvalue weighted by molar-refractivity contribution is 5.77. The molecular formula is C20H31N3O3. The topological polar surface area (TPSA) is 81.2 Å². The molecule has 1 heterocycles. The van der Waals surface area contributed by atoms with Crippen molar-refractivity contribution in [2.45, 2.75) is 78.2 Å². The van der Waals surface area contributed by atoms with Gasteiger partial charge >= 0.3 is 5.97 Å². The number of rotatable bonds is 5. The number of methoxy groups -OCH3 is 1. The van der Waals surface area contributed by atoms with Crippen molar-refractivity contribution in [2.75, 3.05) is 7.11 Å². The van der Waals surface area contributed by atoms with Gasteiger partial charge in [-0.2, -0.15) is 0 Å². The van der Waals surface area contributed by atoms with Crippen LogP contribution in [-0.2, 0) is 26.2 Å². The van der Waals surface area contributed by atoms with E-state index < -0.39 is 0 Å². The molecule has 0 spiro atoms. The number of nitrogens with zero attached hydrogens (tertiary/aromatic N) is 2. The molecule has 1 aliphatic carbocycles. The van der Waals surface area contributed by atoms with Crippen molar-refractivity contribution in [3.05, 3.63) is 23.3 Å². The Labute approximate surface area is 156 Å². The summed E-state index contributed by atoms with van der Waals surface area (Å²) in [6, 6.07) is -0.0894. The summed E-state index contributed by atoms with van der Waals surface area (Å²) in [6.07, 6.45) is 4.65. The summed E-state index contributed by atoms with van der Waals surface area (Å²) in [5, 5.41) is 3.11. The fourth-order valence-corrected chi connectivity index (χ4v) is 3.30. The number of hydrogen-bond acceptors (Lipinski definition) is 5. The van der Waals surface area contributed by atoms with E-state index in [2.05, 4.69) is 49.7 Å². The lowest BCUT2D eigenvalue weighted by atomic mass is 9.74. The highest BCUT2D eigenvalue weighted by Crippen LogP contribution is 2.40. The van der Waals surface area contributed by atoms with Crippen LogP contribution in [0.3, 0.4) is 0 Å². The highest BCUT2D eigenvalue weighted by Gasteiger charge is 2.35. The summed E-state index contributed by atoms with van der Waals surface area (Å²) in [6.45, 7) is 10.7. The first kappa shape index (κ1) is 20.3. The molecule has 0 aromatic carbocycles. The molecule has 1 atom stereocenters. The first-order valence-corrected chi connectivity index (χ1v) is 9.24. The lowest BCUT2D eigenvalue weighted by Gasteiger charge is -2.37. The summed E-state index contributed by atoms with van der Waals surface area (Å²) in [5.41, 5.74) is 1.99. The average Bonchev–Trinajstić information content (AvgIpc) is 2.52. The molecule has 1 aromatic rings. The minimum absolute atomic E-state index is 0.0533. The molecule has 26 heavy (non-hydrogen) atoms. The minimum atomic E-state index is -0.287. The molecule has 0 aliphatic heterocycles. The van der Waals surface area contributed by atoms with Crippen LogP contribution in [0.4, 0.5) is 0 Å². The van der Waals surface area contributed by atoms with Crippen molar-refractivity contribution in [1.82, 2.24) is 15.3 Å². The Morgan fingerprint density at radius 2 is 2.00 bits per heavy atom. The molecule has 0 unspecified atom stereocenters. The number of hydrogen-bond donors (Lipinski definition) is 1. The third kappa shape index (κ3) is 5.26. The predicted octanol–water partition coefficient (Wildman–Crippen LogP) is 3.25. The zero-order chi connectivity index (χ0) is 19.5. The first-order chi connectivity index (χ1) is 12.0. The van der Waals surface area contributed by atoms with Gasteiger partial charge in [0, 0.05) is 35.7 Å². The molecule has 0 saturated heterocycles. The number of nitrogens with one attached hydrogen (secondary N) is 1. The van der Waals surface area contributed by atoms with Crippen LogP contribution in [0.2, 0.25) is 0 Å². The van der Waals surface area contributed by atoms with Gasteiger partial charge in [0.15, 0.2) is 0 Å². The smallest absolute Gasteiger partial charge is 0.305 e. The fourth-order valence-electron chi connectivity index (χ4n) is 3.30. The summed E-state index contributed by atoms with van der Waals surface area (Å²) in [4.78, 5) is 32.9. The molecule has 6 nitrogen and oxygen atoms in total. The zero-order valence-electron chi connectivity index (χ0n) is 16.8. The molecule has 144 valence electrons. The van der Waals surface area contributed by atoms with Crippen molar-refractivity contribution in [1.29, 1.82) is 0 Å². The Bertz CT molecular complexity index is 677. The lowest BCUT2D eigenvalue weighted by Crippen LogP contribution is -2.37. The number of carbonyl (C=O) groups is 2. The second-order valence-electron chi connectivity index (χ2n) is 8.94. The van der Waals surface area contributed by atoms with Crippen molar-refractivity contribution < 1.29 is 14.3 Å². The predicted molar refractivity (Wildman–Crippen MR) is 99.6 cm³/mol. The standard InChI is InChI=1S/C20H31N3O3/c1-19(2,3)18-21-12-13-14(10-20(4,5)11-15(13)23-18)22-16(24)8-7-9-17(25)26-6/h12,14H,7-11H2,1-6H3,(H,22,24)/t14-/m0/s1. The Kier molecular flexibility index (Phi) is 6.04. The second kappa shape index (κ2) is 7.72. The molecule has 6 heteroatoms. The maximum absolute atomic E-state index is 12.3. The molecule has 0 fully saturated rings. The highest BCUT2D eigenvalue weighted by atomic mass is 16.5. The largest absolute Gasteiger partial charge is 0.469 e. The average molecular weight is 361 g/mol. The molecule has 1 N–H and O–H groups in total. The Balaban J connectivity index is 2.12. The first-order valence-electron chi connectivity index (χ1n) is 9.24. The van der Waals surface area contributed by atoms with E-state index in [4.69, 9.17) is 4.98 Å². The number of fused-ring (bicyclic) bond motifs is 1. The third-order valence-electron chi connectivity index (χ3n) is 4.70. The van der Waals surface area contributed by atoms with E-state index in [1.165, 1.54) is 7.11 Å². The minimum Gasteiger partial charge on any atom is -0.469 e. The van der Waals surface area contributed by atoms with Crippen LogP contribution >= 0.6 is 0 Å². The molecule has 1 aliphatic rings. The fraction of sp³-hybridized carbons (Fsp3) is 0.700. The maximum Gasteiger partial charge on any atom is 0.305 e. The Hall–Kier alpha value is -1.98. The van der Waals surface area contributed by atoms with Crippen molar-refractivity contribution in [3.63, 3.8) is 0 Å². The van der Waals surface area contributed by atoms with Crippen molar-refractivity contribution in [2.24, 2.45) is 5.41 Å². The van der Waals surface area contributed by atoms with Crippen LogP contribution in [0.5, 0.6) is 0 Å². The van der Waals surface area contributed by atoms with Gasteiger partial charge in [0.05, 0.1) is 13.2 Å². The molecule has 1 aromatic heterocycles. The van der Waals surface area contributed by atoms with Crippen LogP contribution in [0.25, 0.3) is 0 Å². The van der Waals surface area contributed by atoms with Gasteiger partial charge in [0.1, 0.15) is 5.82 Å². The van der Waals surface area contributed by atoms with Gasteiger partial charge < -0.3 is 10.1 Å². The monoisotopic (exact) mass is 361 g/mol. The Morgan fingerprint density at radius 1 is 1.31 bits per heavy atom. The number of amides is 1. The van der Waals surface area contributed by atoms with Gasteiger partial charge in [-0.1, -0.05) is 34.6 Å². The quantitative estimate of drug-likeness (QED) is 0.814. The van der Waals surface area contributed by atoms with Crippen LogP contribution in [0.1, 0.15) is 83.4 Å². The summed E-state index contributed by atoms with van der Waals surface area (Å²) in [7, 11) is 1.36. The summed E-state index contributed by atoms with van der Waals surface area (Å²) in [5.74, 6) is 0.490. The lowest BCUT2D eigenvalue weighted by molar-refractivity contribution is -0.140. The number of carbonyl (C=O) groups excluding carboxylic acids is 2.